The van der Waals surface area contributed by atoms with E-state index >= 15 is 0 Å². The van der Waals surface area contributed by atoms with Crippen LogP contribution in [0.2, 0.25) is 0 Å². The predicted molar refractivity (Wildman–Crippen MR) is 91.0 cm³/mol. The Morgan fingerprint density at radius 1 is 1.45 bits per heavy atom. The zero-order valence-electron chi connectivity index (χ0n) is 12.5. The van der Waals surface area contributed by atoms with Gasteiger partial charge >= 0.3 is 0 Å². The third-order valence-corrected chi connectivity index (χ3v) is 4.22. The van der Waals surface area contributed by atoms with Gasteiger partial charge in [0.1, 0.15) is 5.84 Å². The molecule has 0 saturated heterocycles. The number of allylic oxidation sites excluding steroid dienone is 1. The number of fused-ring (bicyclic) bond motifs is 1. The summed E-state index contributed by atoms with van der Waals surface area (Å²) in [4.78, 5) is 4.49. The number of benzene rings is 1. The van der Waals surface area contributed by atoms with E-state index in [9.17, 15) is 0 Å². The van der Waals surface area contributed by atoms with E-state index in [1.54, 1.807) is 6.20 Å². The van der Waals surface area contributed by atoms with Crippen molar-refractivity contribution in [2.45, 2.75) is 19.3 Å². The topological polar surface area (TPSA) is 93.1 Å². The highest BCUT2D eigenvalue weighted by atomic mass is 15.1. The van der Waals surface area contributed by atoms with Crippen molar-refractivity contribution in [3.8, 4) is 0 Å². The summed E-state index contributed by atoms with van der Waals surface area (Å²) in [7, 11) is 0. The molecular formula is C17H21N5. The molecule has 1 aliphatic carbocycles. The first-order valence-corrected chi connectivity index (χ1v) is 7.53. The number of rotatable bonds is 4. The Labute approximate surface area is 129 Å². The summed E-state index contributed by atoms with van der Waals surface area (Å²) < 4.78 is 0. The third kappa shape index (κ3) is 2.94. The molecule has 1 aromatic carbocycles. The van der Waals surface area contributed by atoms with Gasteiger partial charge in [-0.05, 0) is 55.5 Å². The lowest BCUT2D eigenvalue weighted by atomic mass is 9.86. The van der Waals surface area contributed by atoms with Crippen molar-refractivity contribution < 1.29 is 0 Å². The molecule has 5 nitrogen and oxygen atoms in total. The predicted octanol–water partition coefficient (Wildman–Crippen LogP) is 2.79. The van der Waals surface area contributed by atoms with Gasteiger partial charge in [0.2, 0.25) is 0 Å². The minimum Gasteiger partial charge on any atom is -0.383 e. The number of amidine groups is 1. The maximum absolute atomic E-state index is 6.13. The Kier molecular flexibility index (Phi) is 4.06. The molecule has 1 atom stereocenters. The molecule has 114 valence electrons. The normalized spacial score (nSPS) is 19.2. The van der Waals surface area contributed by atoms with Crippen molar-refractivity contribution in [3.05, 3.63) is 48.2 Å². The van der Waals surface area contributed by atoms with Gasteiger partial charge in [-0.3, -0.25) is 5.10 Å². The molecule has 22 heavy (non-hydrogen) atoms. The second-order valence-electron chi connectivity index (χ2n) is 5.72. The van der Waals surface area contributed by atoms with Crippen molar-refractivity contribution in [1.29, 1.82) is 0 Å². The van der Waals surface area contributed by atoms with Crippen LogP contribution in [0.3, 0.4) is 0 Å². The molecule has 0 bridgehead atoms. The largest absolute Gasteiger partial charge is 0.383 e. The maximum atomic E-state index is 6.13. The van der Waals surface area contributed by atoms with Gasteiger partial charge in [0.25, 0.3) is 0 Å². The Bertz CT molecular complexity index is 753. The first-order valence-electron chi connectivity index (χ1n) is 7.53. The van der Waals surface area contributed by atoms with Crippen molar-refractivity contribution in [1.82, 2.24) is 10.2 Å². The lowest BCUT2D eigenvalue weighted by Gasteiger charge is -2.21. The summed E-state index contributed by atoms with van der Waals surface area (Å²) in [6.07, 6.45) is 7.04. The monoisotopic (exact) mass is 295 g/mol. The summed E-state index contributed by atoms with van der Waals surface area (Å²) in [6.45, 7) is 4.84. The molecule has 0 saturated carbocycles. The van der Waals surface area contributed by atoms with Gasteiger partial charge in [-0.1, -0.05) is 12.7 Å². The molecule has 1 aliphatic rings. The average molecular weight is 295 g/mol. The quantitative estimate of drug-likeness (QED) is 0.598. The minimum absolute atomic E-state index is 0.472. The van der Waals surface area contributed by atoms with Gasteiger partial charge in [-0.25, -0.2) is 4.99 Å². The number of hydrogen-bond donors (Lipinski definition) is 3. The molecule has 5 heteroatoms. The molecule has 1 unspecified atom stereocenters. The summed E-state index contributed by atoms with van der Waals surface area (Å²) >= 11 is 0. The summed E-state index contributed by atoms with van der Waals surface area (Å²) in [5, 5.41) is 7.94. The van der Waals surface area contributed by atoms with Gasteiger partial charge in [0.15, 0.2) is 0 Å². The Morgan fingerprint density at radius 3 is 3.05 bits per heavy atom. The maximum Gasteiger partial charge on any atom is 0.131 e. The molecule has 0 fully saturated rings. The van der Waals surface area contributed by atoms with Crippen LogP contribution in [0.5, 0.6) is 0 Å². The number of hydrogen-bond acceptors (Lipinski definition) is 3. The lowest BCUT2D eigenvalue weighted by Crippen LogP contribution is -2.20. The zero-order valence-corrected chi connectivity index (χ0v) is 12.5. The number of nitrogens with zero attached hydrogens (tertiary/aromatic N) is 2. The van der Waals surface area contributed by atoms with Gasteiger partial charge < -0.3 is 11.5 Å². The minimum atomic E-state index is 0.472. The smallest absolute Gasteiger partial charge is 0.131 e. The fraction of sp³-hybridized carbons (Fsp3) is 0.294. The molecule has 0 radical (unpaired) electrons. The molecule has 0 spiro atoms. The van der Waals surface area contributed by atoms with Crippen molar-refractivity contribution in [2.24, 2.45) is 22.4 Å². The highest BCUT2D eigenvalue weighted by molar-refractivity contribution is 6.02. The summed E-state index contributed by atoms with van der Waals surface area (Å²) in [5.74, 6) is 1.05. The number of aromatic amines is 1. The molecule has 5 N–H and O–H groups in total. The molecule has 1 aromatic heterocycles. The van der Waals surface area contributed by atoms with Gasteiger partial charge in [-0.2, -0.15) is 5.10 Å². The van der Waals surface area contributed by atoms with Crippen LogP contribution in [0.15, 0.2) is 53.2 Å². The first-order chi connectivity index (χ1) is 10.7. The van der Waals surface area contributed by atoms with Crippen LogP contribution in [0.4, 0.5) is 5.69 Å². The van der Waals surface area contributed by atoms with E-state index in [4.69, 9.17) is 11.5 Å². The fourth-order valence-corrected chi connectivity index (χ4v) is 2.75. The van der Waals surface area contributed by atoms with Crippen LogP contribution in [-0.2, 0) is 0 Å². The van der Waals surface area contributed by atoms with Crippen LogP contribution in [-0.4, -0.2) is 22.6 Å². The zero-order chi connectivity index (χ0) is 15.5. The van der Waals surface area contributed by atoms with Crippen LogP contribution in [0, 0.1) is 5.92 Å². The van der Waals surface area contributed by atoms with Crippen LogP contribution in [0.25, 0.3) is 10.9 Å². The fourth-order valence-electron chi connectivity index (χ4n) is 2.75. The van der Waals surface area contributed by atoms with E-state index in [1.807, 2.05) is 18.2 Å². The third-order valence-electron chi connectivity index (χ3n) is 4.22. The molecule has 0 aliphatic heterocycles. The number of nitrogens with two attached hydrogens (primary N) is 2. The van der Waals surface area contributed by atoms with E-state index in [0.29, 0.717) is 11.8 Å². The molecule has 2 aromatic rings. The van der Waals surface area contributed by atoms with E-state index in [2.05, 4.69) is 27.8 Å². The SMILES string of the molecule is C=C(C1=CCC(CN)CC1)C(N)=Nc1ccc2[nH]ncc2c1. The molecule has 0 amide bonds. The Morgan fingerprint density at radius 2 is 2.32 bits per heavy atom. The van der Waals surface area contributed by atoms with E-state index < -0.39 is 0 Å². The second kappa shape index (κ2) is 6.15. The Balaban J connectivity index is 1.78. The average Bonchev–Trinajstić information content (AvgIpc) is 3.02. The standard InChI is InChI=1S/C17H21N5/c1-11(13-4-2-12(9-18)3-5-13)17(19)21-15-6-7-16-14(8-15)10-20-22-16/h4,6-8,10,12H,1-3,5,9,18H2,(H2,19,21)(H,20,22). The van der Waals surface area contributed by atoms with Crippen LogP contribution < -0.4 is 11.5 Å². The van der Waals surface area contributed by atoms with Gasteiger partial charge in [-0.15, -0.1) is 0 Å². The van der Waals surface area contributed by atoms with Crippen molar-refractivity contribution in [3.63, 3.8) is 0 Å². The molecule has 3 rings (SSSR count). The van der Waals surface area contributed by atoms with Crippen LogP contribution in [0.1, 0.15) is 19.3 Å². The lowest BCUT2D eigenvalue weighted by molar-refractivity contribution is 0.483. The Hall–Kier alpha value is -2.40. The van der Waals surface area contributed by atoms with Crippen LogP contribution >= 0.6 is 0 Å². The van der Waals surface area contributed by atoms with E-state index in [0.717, 1.165) is 48.0 Å². The van der Waals surface area contributed by atoms with E-state index in [1.165, 1.54) is 5.57 Å². The van der Waals surface area contributed by atoms with Gasteiger partial charge in [0, 0.05) is 11.0 Å². The van der Waals surface area contributed by atoms with Crippen molar-refractivity contribution >= 4 is 22.4 Å². The molecular weight excluding hydrogens is 274 g/mol. The number of aromatic nitrogens is 2. The van der Waals surface area contributed by atoms with Gasteiger partial charge in [0.05, 0.1) is 17.4 Å². The summed E-state index contributed by atoms with van der Waals surface area (Å²) in [6, 6.07) is 5.82. The second-order valence-corrected chi connectivity index (χ2v) is 5.72. The first kappa shape index (κ1) is 14.5. The highest BCUT2D eigenvalue weighted by Gasteiger charge is 2.16. The highest BCUT2D eigenvalue weighted by Crippen LogP contribution is 2.27. The van der Waals surface area contributed by atoms with E-state index in [-0.39, 0.29) is 0 Å². The van der Waals surface area contributed by atoms with Crippen molar-refractivity contribution in [2.75, 3.05) is 6.54 Å². The number of H-pyrrole nitrogens is 1. The number of aliphatic imine (C=N–C) groups is 1. The molecule has 1 heterocycles. The number of nitrogens with one attached hydrogen (secondary N) is 1. The summed E-state index contributed by atoms with van der Waals surface area (Å²) in [5.41, 5.74) is 15.7.